The average Bonchev–Trinajstić information content (AvgIpc) is 2.71. The van der Waals surface area contributed by atoms with Gasteiger partial charge in [0.15, 0.2) is 13.2 Å². The highest BCUT2D eigenvalue weighted by molar-refractivity contribution is 9.10. The number of halogens is 1. The lowest BCUT2D eigenvalue weighted by Gasteiger charge is -2.12. The molecule has 0 aliphatic carbocycles. The van der Waals surface area contributed by atoms with Crippen molar-refractivity contribution in [1.29, 1.82) is 0 Å². The Morgan fingerprint density at radius 2 is 1.97 bits per heavy atom. The molecule has 2 rings (SSSR count). The van der Waals surface area contributed by atoms with Gasteiger partial charge in [-0.05, 0) is 34.1 Å². The molecule has 0 aliphatic rings. The molecule has 1 aromatic heterocycles. The molecule has 1 heterocycles. The Bertz CT molecular complexity index is 1010. The third-order valence-electron chi connectivity index (χ3n) is 3.30. The molecule has 2 aromatic rings. The number of terminal acetylenes is 1. The van der Waals surface area contributed by atoms with E-state index in [1.54, 1.807) is 0 Å². The molecule has 0 spiro atoms. The monoisotopic (exact) mass is 476 g/mol. The summed E-state index contributed by atoms with van der Waals surface area (Å²) in [6.45, 7) is 0.741. The molecule has 0 atom stereocenters. The van der Waals surface area contributed by atoms with Crippen molar-refractivity contribution in [2.75, 3.05) is 31.0 Å². The van der Waals surface area contributed by atoms with Gasteiger partial charge in [-0.1, -0.05) is 5.92 Å². The fourth-order valence-corrected chi connectivity index (χ4v) is 2.43. The number of hydrogen-bond acceptors (Lipinski definition) is 9. The van der Waals surface area contributed by atoms with Crippen LogP contribution in [0.3, 0.4) is 0 Å². The van der Waals surface area contributed by atoms with Gasteiger partial charge in [-0.15, -0.1) is 6.42 Å². The number of carbonyl (C=O) groups is 3. The largest absolute Gasteiger partial charge is 0.465 e. The Morgan fingerprint density at radius 3 is 2.63 bits per heavy atom. The van der Waals surface area contributed by atoms with Gasteiger partial charge in [0, 0.05) is 18.3 Å². The first-order chi connectivity index (χ1) is 14.3. The van der Waals surface area contributed by atoms with Crippen molar-refractivity contribution in [2.45, 2.75) is 6.92 Å². The molecule has 0 aliphatic heterocycles. The Kier molecular flexibility index (Phi) is 8.13. The standard InChI is InChI=1S/C19H17BrN4O6/c1-4-5-29-17-15(20)9-21-19(24-17)23-14-7-12(18(27)28-3)6-13(8-14)22-16(26)10-30-11(2)25/h1,6-9H,5,10H2,2-3H3,(H,22,26)(H,21,23,24). The van der Waals surface area contributed by atoms with Crippen molar-refractivity contribution < 1.29 is 28.6 Å². The van der Waals surface area contributed by atoms with Gasteiger partial charge in [0.25, 0.3) is 5.91 Å². The van der Waals surface area contributed by atoms with Crippen LogP contribution in [0.5, 0.6) is 5.88 Å². The van der Waals surface area contributed by atoms with E-state index in [0.717, 1.165) is 0 Å². The Balaban J connectivity index is 2.28. The number of amides is 1. The zero-order valence-electron chi connectivity index (χ0n) is 16.0. The molecule has 0 radical (unpaired) electrons. The van der Waals surface area contributed by atoms with Gasteiger partial charge in [0.2, 0.25) is 11.8 Å². The fraction of sp³-hybridized carbons (Fsp3) is 0.211. The number of rotatable bonds is 8. The fourth-order valence-electron chi connectivity index (χ4n) is 2.12. The molecule has 1 amide bonds. The second-order valence-electron chi connectivity index (χ2n) is 5.58. The number of nitrogens with one attached hydrogen (secondary N) is 2. The lowest BCUT2D eigenvalue weighted by molar-refractivity contribution is -0.144. The Hall–Kier alpha value is -3.65. The maximum Gasteiger partial charge on any atom is 0.337 e. The third kappa shape index (κ3) is 6.75. The van der Waals surface area contributed by atoms with Crippen molar-refractivity contribution in [3.8, 4) is 18.2 Å². The highest BCUT2D eigenvalue weighted by Crippen LogP contribution is 2.26. The Morgan fingerprint density at radius 1 is 1.23 bits per heavy atom. The molecule has 10 nitrogen and oxygen atoms in total. The lowest BCUT2D eigenvalue weighted by Crippen LogP contribution is -2.20. The predicted molar refractivity (Wildman–Crippen MR) is 110 cm³/mol. The van der Waals surface area contributed by atoms with Gasteiger partial charge < -0.3 is 24.8 Å². The maximum absolute atomic E-state index is 12.0. The molecule has 2 N–H and O–H groups in total. The van der Waals surface area contributed by atoms with Gasteiger partial charge in [-0.2, -0.15) is 4.98 Å². The van der Waals surface area contributed by atoms with E-state index in [2.05, 4.69) is 47.2 Å². The van der Waals surface area contributed by atoms with Gasteiger partial charge >= 0.3 is 11.9 Å². The van der Waals surface area contributed by atoms with Crippen LogP contribution in [0.4, 0.5) is 17.3 Å². The van der Waals surface area contributed by atoms with Crippen LogP contribution in [0.2, 0.25) is 0 Å². The molecule has 11 heteroatoms. The highest BCUT2D eigenvalue weighted by Gasteiger charge is 2.13. The molecule has 156 valence electrons. The van der Waals surface area contributed by atoms with Crippen LogP contribution >= 0.6 is 15.9 Å². The summed E-state index contributed by atoms with van der Waals surface area (Å²) in [6, 6.07) is 4.43. The number of anilines is 3. The zero-order valence-corrected chi connectivity index (χ0v) is 17.6. The molecular weight excluding hydrogens is 460 g/mol. The quantitative estimate of drug-likeness (QED) is 0.435. The smallest absolute Gasteiger partial charge is 0.337 e. The van der Waals surface area contributed by atoms with Gasteiger partial charge in [-0.3, -0.25) is 9.59 Å². The number of carbonyl (C=O) groups excluding carboxylic acids is 3. The van der Waals surface area contributed by atoms with E-state index in [1.165, 1.54) is 38.4 Å². The van der Waals surface area contributed by atoms with Crippen LogP contribution in [0.15, 0.2) is 28.9 Å². The number of aromatic nitrogens is 2. The summed E-state index contributed by atoms with van der Waals surface area (Å²) in [5.74, 6) is 0.925. The number of nitrogens with zero attached hydrogens (tertiary/aromatic N) is 2. The van der Waals surface area contributed by atoms with Crippen molar-refractivity contribution in [3.63, 3.8) is 0 Å². The molecule has 1 aromatic carbocycles. The first kappa shape index (κ1) is 22.6. The summed E-state index contributed by atoms with van der Waals surface area (Å²) >= 11 is 3.26. The molecule has 0 unspecified atom stereocenters. The zero-order chi connectivity index (χ0) is 22.1. The van der Waals surface area contributed by atoms with Crippen molar-refractivity contribution in [2.24, 2.45) is 0 Å². The summed E-state index contributed by atoms with van der Waals surface area (Å²) in [6.07, 6.45) is 6.65. The summed E-state index contributed by atoms with van der Waals surface area (Å²) in [7, 11) is 1.23. The third-order valence-corrected chi connectivity index (χ3v) is 3.85. The van der Waals surface area contributed by atoms with E-state index in [0.29, 0.717) is 10.2 Å². The number of benzene rings is 1. The molecule has 0 saturated heterocycles. The molecular formula is C19H17BrN4O6. The summed E-state index contributed by atoms with van der Waals surface area (Å²) in [4.78, 5) is 43.1. The van der Waals surface area contributed by atoms with E-state index in [4.69, 9.17) is 15.9 Å². The van der Waals surface area contributed by atoms with Crippen LogP contribution in [0.25, 0.3) is 0 Å². The maximum atomic E-state index is 12.0. The lowest BCUT2D eigenvalue weighted by atomic mass is 10.1. The number of ether oxygens (including phenoxy) is 3. The molecule has 0 bridgehead atoms. The van der Waals surface area contributed by atoms with Crippen LogP contribution in [0.1, 0.15) is 17.3 Å². The van der Waals surface area contributed by atoms with Crippen LogP contribution in [-0.2, 0) is 19.1 Å². The predicted octanol–water partition coefficient (Wildman–Crippen LogP) is 2.28. The second kappa shape index (κ2) is 10.8. The SMILES string of the molecule is C#CCOc1nc(Nc2cc(NC(=O)COC(C)=O)cc(C(=O)OC)c2)ncc1Br. The van der Waals surface area contributed by atoms with Crippen LogP contribution in [0, 0.1) is 12.3 Å². The molecule has 0 saturated carbocycles. The summed E-state index contributed by atoms with van der Waals surface area (Å²) in [5, 5.41) is 5.44. The van der Waals surface area contributed by atoms with E-state index in [1.807, 2.05) is 0 Å². The van der Waals surface area contributed by atoms with Crippen LogP contribution in [-0.4, -0.2) is 48.1 Å². The van der Waals surface area contributed by atoms with Gasteiger partial charge in [0.05, 0.1) is 23.3 Å². The summed E-state index contributed by atoms with van der Waals surface area (Å²) < 4.78 is 15.2. The van der Waals surface area contributed by atoms with Gasteiger partial charge in [0.1, 0.15) is 0 Å². The minimum atomic E-state index is -0.621. The molecule has 30 heavy (non-hydrogen) atoms. The normalized spacial score (nSPS) is 9.80. The van der Waals surface area contributed by atoms with Crippen molar-refractivity contribution in [1.82, 2.24) is 9.97 Å². The first-order valence-electron chi connectivity index (χ1n) is 8.34. The van der Waals surface area contributed by atoms with E-state index in [-0.39, 0.29) is 29.7 Å². The topological polar surface area (TPSA) is 129 Å². The van der Waals surface area contributed by atoms with Crippen molar-refractivity contribution >= 4 is 51.1 Å². The minimum absolute atomic E-state index is 0.0192. The highest BCUT2D eigenvalue weighted by atomic mass is 79.9. The first-order valence-corrected chi connectivity index (χ1v) is 9.14. The summed E-state index contributed by atoms with van der Waals surface area (Å²) in [5.41, 5.74) is 0.801. The average molecular weight is 477 g/mol. The van der Waals surface area contributed by atoms with Crippen LogP contribution < -0.4 is 15.4 Å². The number of methoxy groups -OCH3 is 1. The number of hydrogen-bond donors (Lipinski definition) is 2. The molecule has 0 fully saturated rings. The number of esters is 2. The minimum Gasteiger partial charge on any atom is -0.465 e. The van der Waals surface area contributed by atoms with Crippen molar-refractivity contribution in [3.05, 3.63) is 34.4 Å². The second-order valence-corrected chi connectivity index (χ2v) is 6.44. The van der Waals surface area contributed by atoms with E-state index in [9.17, 15) is 14.4 Å². The van der Waals surface area contributed by atoms with E-state index < -0.39 is 24.5 Å². The van der Waals surface area contributed by atoms with Gasteiger partial charge in [-0.25, -0.2) is 9.78 Å². The Labute approximate surface area is 180 Å². The van der Waals surface area contributed by atoms with E-state index >= 15 is 0 Å².